The minimum Gasteiger partial charge on any atom is -0.497 e. The Labute approximate surface area is 151 Å². The molecule has 0 aliphatic heterocycles. The summed E-state index contributed by atoms with van der Waals surface area (Å²) >= 11 is 0. The molecular weight excluding hydrogens is 336 g/mol. The highest BCUT2D eigenvalue weighted by Crippen LogP contribution is 2.28. The number of benzene rings is 1. The lowest BCUT2D eigenvalue weighted by Crippen LogP contribution is -2.26. The topological polar surface area (TPSA) is 91.4 Å². The van der Waals surface area contributed by atoms with Crippen LogP contribution in [0.15, 0.2) is 28.9 Å². The van der Waals surface area contributed by atoms with E-state index in [0.29, 0.717) is 43.2 Å². The Kier molecular flexibility index (Phi) is 5.52. The highest BCUT2D eigenvalue weighted by Gasteiger charge is 2.18. The van der Waals surface area contributed by atoms with Gasteiger partial charge in [0.1, 0.15) is 23.5 Å². The average Bonchev–Trinajstić information content (AvgIpc) is 3.23. The molecular formula is C18H22N4O4. The van der Waals surface area contributed by atoms with Crippen LogP contribution >= 0.6 is 0 Å². The van der Waals surface area contributed by atoms with Crippen molar-refractivity contribution in [3.05, 3.63) is 41.7 Å². The number of fused-ring (bicyclic) bond motifs is 1. The van der Waals surface area contributed by atoms with Crippen molar-refractivity contribution in [3.63, 3.8) is 0 Å². The van der Waals surface area contributed by atoms with E-state index in [1.54, 1.807) is 26.6 Å². The van der Waals surface area contributed by atoms with Gasteiger partial charge in [-0.3, -0.25) is 4.79 Å². The fourth-order valence-electron chi connectivity index (χ4n) is 2.77. The van der Waals surface area contributed by atoms with Crippen molar-refractivity contribution in [1.29, 1.82) is 0 Å². The molecule has 0 bridgehead atoms. The third-order valence-electron chi connectivity index (χ3n) is 4.22. The number of carbonyl (C=O) groups is 1. The largest absolute Gasteiger partial charge is 0.497 e. The standard InChI is InChI=1S/C18H22N4O4/c1-12-14-5-4-13(25-3)10-15(14)26-17(12)18(23)19-7-6-16-21-20-11-22(16)8-9-24-2/h4-5,10-11H,6-9H2,1-3H3,(H,19,23). The predicted molar refractivity (Wildman–Crippen MR) is 95.4 cm³/mol. The summed E-state index contributed by atoms with van der Waals surface area (Å²) in [6.45, 7) is 3.56. The third kappa shape index (κ3) is 3.70. The maximum absolute atomic E-state index is 12.5. The molecule has 0 radical (unpaired) electrons. The number of ether oxygens (including phenoxy) is 2. The molecule has 1 aromatic carbocycles. The fraction of sp³-hybridized carbons (Fsp3) is 0.389. The van der Waals surface area contributed by atoms with Gasteiger partial charge in [-0.2, -0.15) is 0 Å². The number of methoxy groups -OCH3 is 2. The molecule has 8 heteroatoms. The summed E-state index contributed by atoms with van der Waals surface area (Å²) in [5.41, 5.74) is 1.44. The lowest BCUT2D eigenvalue weighted by atomic mass is 10.1. The Morgan fingerprint density at radius 1 is 1.35 bits per heavy atom. The lowest BCUT2D eigenvalue weighted by Gasteiger charge is -2.06. The van der Waals surface area contributed by atoms with Gasteiger partial charge in [0, 0.05) is 43.6 Å². The molecule has 8 nitrogen and oxygen atoms in total. The van der Waals surface area contributed by atoms with E-state index in [4.69, 9.17) is 13.9 Å². The first-order valence-electron chi connectivity index (χ1n) is 8.35. The van der Waals surface area contributed by atoms with Crippen molar-refractivity contribution < 1.29 is 18.7 Å². The van der Waals surface area contributed by atoms with Gasteiger partial charge < -0.3 is 23.8 Å². The molecule has 0 spiro atoms. The van der Waals surface area contributed by atoms with E-state index in [1.807, 2.05) is 23.6 Å². The number of rotatable bonds is 8. The Balaban J connectivity index is 1.64. The minimum atomic E-state index is -0.249. The molecule has 0 saturated heterocycles. The first kappa shape index (κ1) is 17.9. The summed E-state index contributed by atoms with van der Waals surface area (Å²) in [5, 5.41) is 11.8. The second-order valence-corrected chi connectivity index (χ2v) is 5.86. The van der Waals surface area contributed by atoms with Crippen LogP contribution < -0.4 is 10.1 Å². The van der Waals surface area contributed by atoms with Crippen LogP contribution in [0.1, 0.15) is 21.9 Å². The van der Waals surface area contributed by atoms with Crippen molar-refractivity contribution in [2.75, 3.05) is 27.4 Å². The van der Waals surface area contributed by atoms with Gasteiger partial charge in [-0.05, 0) is 19.1 Å². The van der Waals surface area contributed by atoms with Gasteiger partial charge in [0.25, 0.3) is 5.91 Å². The molecule has 0 aliphatic carbocycles. The van der Waals surface area contributed by atoms with Crippen molar-refractivity contribution in [1.82, 2.24) is 20.1 Å². The van der Waals surface area contributed by atoms with Gasteiger partial charge in [-0.25, -0.2) is 0 Å². The van der Waals surface area contributed by atoms with E-state index in [9.17, 15) is 4.79 Å². The number of aromatic nitrogens is 3. The maximum atomic E-state index is 12.5. The highest BCUT2D eigenvalue weighted by atomic mass is 16.5. The second kappa shape index (κ2) is 8.01. The van der Waals surface area contributed by atoms with E-state index >= 15 is 0 Å². The molecule has 0 unspecified atom stereocenters. The normalized spacial score (nSPS) is 11.0. The number of amides is 1. The first-order chi connectivity index (χ1) is 12.6. The zero-order valence-electron chi connectivity index (χ0n) is 15.1. The zero-order chi connectivity index (χ0) is 18.5. The number of furan rings is 1. The van der Waals surface area contributed by atoms with E-state index in [-0.39, 0.29) is 5.91 Å². The smallest absolute Gasteiger partial charge is 0.287 e. The summed E-state index contributed by atoms with van der Waals surface area (Å²) in [4.78, 5) is 12.5. The van der Waals surface area contributed by atoms with Gasteiger partial charge in [-0.15, -0.1) is 10.2 Å². The van der Waals surface area contributed by atoms with Gasteiger partial charge in [-0.1, -0.05) is 0 Å². The maximum Gasteiger partial charge on any atom is 0.287 e. The summed E-state index contributed by atoms with van der Waals surface area (Å²) < 4.78 is 17.9. The first-order valence-corrected chi connectivity index (χ1v) is 8.35. The number of carbonyl (C=O) groups excluding carboxylic acids is 1. The summed E-state index contributed by atoms with van der Waals surface area (Å²) in [7, 11) is 3.24. The molecule has 1 N–H and O–H groups in total. The molecule has 3 aromatic rings. The van der Waals surface area contributed by atoms with Gasteiger partial charge in [0.15, 0.2) is 5.76 Å². The summed E-state index contributed by atoms with van der Waals surface area (Å²) in [6, 6.07) is 5.51. The minimum absolute atomic E-state index is 0.249. The van der Waals surface area contributed by atoms with Crippen LogP contribution in [-0.4, -0.2) is 48.0 Å². The van der Waals surface area contributed by atoms with E-state index in [0.717, 1.165) is 16.8 Å². The Morgan fingerprint density at radius 2 is 2.19 bits per heavy atom. The molecule has 0 saturated carbocycles. The lowest BCUT2D eigenvalue weighted by molar-refractivity contribution is 0.0927. The fourth-order valence-corrected chi connectivity index (χ4v) is 2.77. The number of nitrogens with one attached hydrogen (secondary N) is 1. The van der Waals surface area contributed by atoms with E-state index in [1.165, 1.54) is 0 Å². The molecule has 0 fully saturated rings. The Hall–Kier alpha value is -2.87. The summed E-state index contributed by atoms with van der Waals surface area (Å²) in [5.74, 6) is 1.55. The number of hydrogen-bond acceptors (Lipinski definition) is 6. The van der Waals surface area contributed by atoms with Crippen LogP contribution in [0.3, 0.4) is 0 Å². The monoisotopic (exact) mass is 358 g/mol. The van der Waals surface area contributed by atoms with Crippen molar-refractivity contribution in [3.8, 4) is 5.75 Å². The van der Waals surface area contributed by atoms with Crippen molar-refractivity contribution >= 4 is 16.9 Å². The van der Waals surface area contributed by atoms with E-state index < -0.39 is 0 Å². The van der Waals surface area contributed by atoms with Gasteiger partial charge >= 0.3 is 0 Å². The van der Waals surface area contributed by atoms with Crippen molar-refractivity contribution in [2.24, 2.45) is 0 Å². The zero-order valence-corrected chi connectivity index (χ0v) is 15.1. The second-order valence-electron chi connectivity index (χ2n) is 5.86. The number of hydrogen-bond donors (Lipinski definition) is 1. The highest BCUT2D eigenvalue weighted by molar-refractivity contribution is 5.99. The molecule has 1 amide bonds. The van der Waals surface area contributed by atoms with Crippen LogP contribution in [0.5, 0.6) is 5.75 Å². The van der Waals surface area contributed by atoms with E-state index in [2.05, 4.69) is 15.5 Å². The quantitative estimate of drug-likeness (QED) is 0.662. The molecule has 0 atom stereocenters. The predicted octanol–water partition coefficient (Wildman–Crippen LogP) is 1.96. The van der Waals surface area contributed by atoms with Crippen LogP contribution in [0.25, 0.3) is 11.0 Å². The molecule has 26 heavy (non-hydrogen) atoms. The average molecular weight is 358 g/mol. The number of nitrogens with zero attached hydrogens (tertiary/aromatic N) is 3. The van der Waals surface area contributed by atoms with Crippen LogP contribution in [0.2, 0.25) is 0 Å². The number of aryl methyl sites for hydroxylation is 1. The SMILES string of the molecule is COCCn1cnnc1CCNC(=O)c1oc2cc(OC)ccc2c1C. The van der Waals surface area contributed by atoms with Crippen LogP contribution in [0.4, 0.5) is 0 Å². The third-order valence-corrected chi connectivity index (χ3v) is 4.22. The van der Waals surface area contributed by atoms with Crippen LogP contribution in [-0.2, 0) is 17.7 Å². The molecule has 2 heterocycles. The Morgan fingerprint density at radius 3 is 2.96 bits per heavy atom. The molecule has 0 aliphatic rings. The van der Waals surface area contributed by atoms with Crippen molar-refractivity contribution in [2.45, 2.75) is 19.9 Å². The van der Waals surface area contributed by atoms with Gasteiger partial charge in [0.2, 0.25) is 0 Å². The molecule has 2 aromatic heterocycles. The van der Waals surface area contributed by atoms with Crippen LogP contribution in [0, 0.1) is 6.92 Å². The molecule has 3 rings (SSSR count). The Bertz CT molecular complexity index is 900. The molecule has 138 valence electrons. The van der Waals surface area contributed by atoms with Gasteiger partial charge in [0.05, 0.1) is 13.7 Å². The summed E-state index contributed by atoms with van der Waals surface area (Å²) in [6.07, 6.45) is 2.23.